The van der Waals surface area contributed by atoms with Crippen LogP contribution in [0.2, 0.25) is 0 Å². The lowest BCUT2D eigenvalue weighted by atomic mass is 10.0. The number of benzene rings is 5. The van der Waals surface area contributed by atoms with Gasteiger partial charge in [-0.25, -0.2) is 18.6 Å². The highest BCUT2D eigenvalue weighted by Crippen LogP contribution is 2.27. The Morgan fingerprint density at radius 1 is 0.780 bits per heavy atom. The third-order valence-corrected chi connectivity index (χ3v) is 7.60. The van der Waals surface area contributed by atoms with Crippen molar-refractivity contribution in [1.82, 2.24) is 5.43 Å². The highest BCUT2D eigenvalue weighted by molar-refractivity contribution is 7.92. The topological polar surface area (TPSA) is 114 Å². The molecule has 0 spiro atoms. The van der Waals surface area contributed by atoms with Crippen LogP contribution in [0.5, 0.6) is 5.75 Å². The zero-order valence-corrected chi connectivity index (χ0v) is 22.8. The van der Waals surface area contributed by atoms with E-state index in [9.17, 15) is 18.0 Å². The summed E-state index contributed by atoms with van der Waals surface area (Å²) in [7, 11) is -3.75. The van der Waals surface area contributed by atoms with E-state index in [1.807, 2.05) is 43.3 Å². The highest BCUT2D eigenvalue weighted by Gasteiger charge is 2.15. The molecule has 9 heteroatoms. The van der Waals surface area contributed by atoms with E-state index in [0.717, 1.165) is 16.3 Å². The predicted octanol–water partition coefficient (Wildman–Crippen LogP) is 5.93. The summed E-state index contributed by atoms with van der Waals surface area (Å²) in [5.41, 5.74) is 4.94. The van der Waals surface area contributed by atoms with Gasteiger partial charge in [0.05, 0.1) is 16.7 Å². The molecule has 5 rings (SSSR count). The van der Waals surface area contributed by atoms with Gasteiger partial charge in [0.2, 0.25) is 0 Å². The molecule has 5 aromatic rings. The Kier molecular flexibility index (Phi) is 7.89. The molecule has 2 N–H and O–H groups in total. The summed E-state index contributed by atoms with van der Waals surface area (Å²) in [6.45, 7) is 1.89. The van der Waals surface area contributed by atoms with Crippen molar-refractivity contribution in [2.45, 2.75) is 11.8 Å². The molecular weight excluding hydrogens is 538 g/mol. The maximum Gasteiger partial charge on any atom is 0.343 e. The number of anilines is 1. The van der Waals surface area contributed by atoms with Gasteiger partial charge in [-0.15, -0.1) is 0 Å². The second-order valence-electron chi connectivity index (χ2n) is 9.15. The van der Waals surface area contributed by atoms with Gasteiger partial charge in [-0.05, 0) is 72.3 Å². The lowest BCUT2D eigenvalue weighted by molar-refractivity contribution is 0.0734. The van der Waals surface area contributed by atoms with Gasteiger partial charge in [0, 0.05) is 16.8 Å². The second kappa shape index (κ2) is 11.8. The molecule has 0 atom stereocenters. The average molecular weight is 564 g/mol. The van der Waals surface area contributed by atoms with E-state index in [0.29, 0.717) is 22.6 Å². The Hall–Kier alpha value is -5.28. The monoisotopic (exact) mass is 563 g/mol. The minimum absolute atomic E-state index is 0.133. The van der Waals surface area contributed by atoms with Crippen LogP contribution in [0.4, 0.5) is 5.69 Å². The first-order valence-corrected chi connectivity index (χ1v) is 14.1. The van der Waals surface area contributed by atoms with Crippen LogP contribution in [0.1, 0.15) is 31.8 Å². The number of fused-ring (bicyclic) bond motifs is 1. The number of hydrogen-bond donors (Lipinski definition) is 2. The molecule has 0 aliphatic heterocycles. The van der Waals surface area contributed by atoms with Crippen LogP contribution in [-0.2, 0) is 10.0 Å². The highest BCUT2D eigenvalue weighted by atomic mass is 32.2. The second-order valence-corrected chi connectivity index (χ2v) is 10.8. The van der Waals surface area contributed by atoms with E-state index < -0.39 is 21.9 Å². The van der Waals surface area contributed by atoms with Gasteiger partial charge >= 0.3 is 5.97 Å². The molecule has 0 aliphatic carbocycles. The number of nitrogens with zero attached hydrogens (tertiary/aromatic N) is 1. The molecular formula is C32H25N3O5S. The van der Waals surface area contributed by atoms with Crippen LogP contribution in [0, 0.1) is 6.92 Å². The smallest absolute Gasteiger partial charge is 0.343 e. The quantitative estimate of drug-likeness (QED) is 0.105. The van der Waals surface area contributed by atoms with Crippen LogP contribution in [0.3, 0.4) is 0 Å². The van der Waals surface area contributed by atoms with Crippen molar-refractivity contribution in [3.05, 3.63) is 138 Å². The van der Waals surface area contributed by atoms with E-state index in [4.69, 9.17) is 4.74 Å². The van der Waals surface area contributed by atoms with E-state index in [1.165, 1.54) is 42.6 Å². The first-order valence-electron chi connectivity index (χ1n) is 12.6. The first-order chi connectivity index (χ1) is 19.8. The summed E-state index contributed by atoms with van der Waals surface area (Å²) in [6.07, 6.45) is 1.43. The van der Waals surface area contributed by atoms with Crippen LogP contribution in [0.15, 0.2) is 125 Å². The summed E-state index contributed by atoms with van der Waals surface area (Å²) < 4.78 is 33.3. The lowest BCUT2D eigenvalue weighted by Gasteiger charge is -2.11. The van der Waals surface area contributed by atoms with Gasteiger partial charge in [-0.2, -0.15) is 5.10 Å². The molecule has 8 nitrogen and oxygen atoms in total. The zero-order chi connectivity index (χ0) is 28.8. The van der Waals surface area contributed by atoms with Crippen molar-refractivity contribution >= 4 is 44.6 Å². The molecule has 0 bridgehead atoms. The molecule has 0 unspecified atom stereocenters. The Morgan fingerprint density at radius 2 is 1.51 bits per heavy atom. The maximum atomic E-state index is 12.8. The van der Waals surface area contributed by atoms with Crippen LogP contribution in [0.25, 0.3) is 10.8 Å². The minimum atomic E-state index is -3.75. The number of amides is 1. The fraction of sp³-hybridized carbons (Fsp3) is 0.0312. The molecule has 204 valence electrons. The largest absolute Gasteiger partial charge is 0.422 e. The molecule has 0 heterocycles. The number of esters is 1. The molecule has 0 saturated heterocycles. The summed E-state index contributed by atoms with van der Waals surface area (Å²) >= 11 is 0. The van der Waals surface area contributed by atoms with Crippen molar-refractivity contribution in [3.63, 3.8) is 0 Å². The molecule has 0 fully saturated rings. The van der Waals surface area contributed by atoms with Crippen LogP contribution >= 0.6 is 0 Å². The van der Waals surface area contributed by atoms with Crippen molar-refractivity contribution < 1.29 is 22.7 Å². The normalized spacial score (nSPS) is 11.3. The van der Waals surface area contributed by atoms with Crippen LogP contribution < -0.4 is 14.9 Å². The fourth-order valence-corrected chi connectivity index (χ4v) is 5.23. The number of ether oxygens (including phenoxy) is 1. The number of hydrogen-bond acceptors (Lipinski definition) is 6. The van der Waals surface area contributed by atoms with E-state index in [2.05, 4.69) is 15.2 Å². The molecule has 0 aliphatic rings. The number of nitrogens with one attached hydrogen (secondary N) is 2. The number of aryl methyl sites for hydroxylation is 1. The number of hydrazone groups is 1. The SMILES string of the molecule is Cc1cccc(C(=O)Oc2ccc3ccccc3c2C=NNC(=O)c2ccc(NS(=O)(=O)c3ccccc3)cc2)c1. The number of sulfonamides is 1. The Bertz CT molecular complexity index is 1870. The number of carbonyl (C=O) groups is 2. The third-order valence-electron chi connectivity index (χ3n) is 6.20. The molecule has 5 aromatic carbocycles. The van der Waals surface area contributed by atoms with Gasteiger partial charge in [0.25, 0.3) is 15.9 Å². The lowest BCUT2D eigenvalue weighted by Crippen LogP contribution is -2.18. The van der Waals surface area contributed by atoms with Gasteiger partial charge in [-0.3, -0.25) is 9.52 Å². The number of carbonyl (C=O) groups excluding carboxylic acids is 2. The molecule has 0 saturated carbocycles. The minimum Gasteiger partial charge on any atom is -0.422 e. The summed E-state index contributed by atoms with van der Waals surface area (Å²) in [5.74, 6) is -0.717. The maximum absolute atomic E-state index is 12.8. The summed E-state index contributed by atoms with van der Waals surface area (Å²) in [6, 6.07) is 32.1. The van der Waals surface area contributed by atoms with Gasteiger partial charge in [-0.1, -0.05) is 66.2 Å². The van der Waals surface area contributed by atoms with E-state index in [-0.39, 0.29) is 10.5 Å². The van der Waals surface area contributed by atoms with Crippen molar-refractivity contribution in [2.24, 2.45) is 5.10 Å². The Labute approximate surface area is 237 Å². The van der Waals surface area contributed by atoms with Crippen molar-refractivity contribution in [1.29, 1.82) is 0 Å². The van der Waals surface area contributed by atoms with Crippen molar-refractivity contribution in [3.8, 4) is 5.75 Å². The standard InChI is InChI=1S/C32H25N3O5S/c1-22-8-7-10-25(20-22)32(37)40-30-19-16-23-9-5-6-13-28(23)29(30)21-33-34-31(36)24-14-17-26(18-15-24)35-41(38,39)27-11-3-2-4-12-27/h2-21,35H,1H3,(H,34,36). The van der Waals surface area contributed by atoms with Crippen molar-refractivity contribution in [2.75, 3.05) is 4.72 Å². The first kappa shape index (κ1) is 27.3. The predicted molar refractivity (Wildman–Crippen MR) is 159 cm³/mol. The summed E-state index contributed by atoms with van der Waals surface area (Å²) in [5, 5.41) is 5.81. The fourth-order valence-electron chi connectivity index (χ4n) is 4.15. The van der Waals surface area contributed by atoms with Crippen LogP contribution in [-0.4, -0.2) is 26.5 Å². The van der Waals surface area contributed by atoms with Gasteiger partial charge in [0.15, 0.2) is 0 Å². The molecule has 0 radical (unpaired) electrons. The Balaban J connectivity index is 1.32. The van der Waals surface area contributed by atoms with E-state index >= 15 is 0 Å². The summed E-state index contributed by atoms with van der Waals surface area (Å²) in [4.78, 5) is 25.7. The molecule has 0 aromatic heterocycles. The Morgan fingerprint density at radius 3 is 2.27 bits per heavy atom. The zero-order valence-electron chi connectivity index (χ0n) is 21.9. The van der Waals surface area contributed by atoms with Gasteiger partial charge in [0.1, 0.15) is 5.75 Å². The average Bonchev–Trinajstić information content (AvgIpc) is 2.98. The molecule has 41 heavy (non-hydrogen) atoms. The van der Waals surface area contributed by atoms with E-state index in [1.54, 1.807) is 42.5 Å². The van der Waals surface area contributed by atoms with Gasteiger partial charge < -0.3 is 4.74 Å². The number of rotatable bonds is 8. The molecule has 1 amide bonds. The third kappa shape index (κ3) is 6.48.